The van der Waals surface area contributed by atoms with Gasteiger partial charge in [0.1, 0.15) is 29.8 Å². The molecule has 0 bridgehead atoms. The topological polar surface area (TPSA) is 89.3 Å². The van der Waals surface area contributed by atoms with Gasteiger partial charge in [-0.3, -0.25) is 4.79 Å². The summed E-state index contributed by atoms with van der Waals surface area (Å²) in [5.74, 6) is 1.19. The van der Waals surface area contributed by atoms with Gasteiger partial charge in [0.05, 0.1) is 6.54 Å². The molecule has 0 saturated carbocycles. The van der Waals surface area contributed by atoms with Gasteiger partial charge in [-0.2, -0.15) is 0 Å². The van der Waals surface area contributed by atoms with Crippen LogP contribution in [0.2, 0.25) is 0 Å². The van der Waals surface area contributed by atoms with Crippen molar-refractivity contribution >= 4 is 39.5 Å². The van der Waals surface area contributed by atoms with Crippen molar-refractivity contribution in [2.24, 2.45) is 0 Å². The third kappa shape index (κ3) is 3.67. The Morgan fingerprint density at radius 3 is 2.93 bits per heavy atom. The SMILES string of the molecule is CC(=O)Nc1cccc(OCCNc2ncnc3c2oc2ccccc23)c1. The number of amides is 1. The van der Waals surface area contributed by atoms with E-state index >= 15 is 0 Å². The maximum atomic E-state index is 11.1. The van der Waals surface area contributed by atoms with Gasteiger partial charge in [-0.25, -0.2) is 9.97 Å². The van der Waals surface area contributed by atoms with Crippen LogP contribution in [-0.4, -0.2) is 29.0 Å². The first kappa shape index (κ1) is 16.8. The second kappa shape index (κ2) is 7.33. The minimum Gasteiger partial charge on any atom is -0.492 e. The normalized spacial score (nSPS) is 10.9. The number of rotatable bonds is 6. The van der Waals surface area contributed by atoms with E-state index in [1.54, 1.807) is 6.07 Å². The van der Waals surface area contributed by atoms with Gasteiger partial charge in [-0.15, -0.1) is 0 Å². The standard InChI is InChI=1S/C20H18N4O3/c1-13(25)24-14-5-4-6-15(11-14)26-10-9-21-20-19-18(22-12-23-20)16-7-2-3-8-17(16)27-19/h2-8,11-12H,9-10H2,1H3,(H,24,25)(H,21,22,23). The monoisotopic (exact) mass is 362 g/mol. The zero-order valence-electron chi connectivity index (χ0n) is 14.7. The summed E-state index contributed by atoms with van der Waals surface area (Å²) in [6.07, 6.45) is 1.52. The molecule has 0 atom stereocenters. The molecule has 0 fully saturated rings. The number of hydrogen-bond donors (Lipinski definition) is 2. The third-order valence-electron chi connectivity index (χ3n) is 3.98. The smallest absolute Gasteiger partial charge is 0.221 e. The van der Waals surface area contributed by atoms with E-state index in [1.165, 1.54) is 13.3 Å². The van der Waals surface area contributed by atoms with E-state index in [-0.39, 0.29) is 5.91 Å². The first-order chi connectivity index (χ1) is 13.2. The van der Waals surface area contributed by atoms with Crippen LogP contribution < -0.4 is 15.4 Å². The highest BCUT2D eigenvalue weighted by atomic mass is 16.5. The highest BCUT2D eigenvalue weighted by Crippen LogP contribution is 2.30. The van der Waals surface area contributed by atoms with Crippen LogP contribution in [0.15, 0.2) is 59.3 Å². The van der Waals surface area contributed by atoms with Crippen LogP contribution in [0.4, 0.5) is 11.5 Å². The molecule has 7 nitrogen and oxygen atoms in total. The van der Waals surface area contributed by atoms with Crippen LogP contribution in [0.3, 0.4) is 0 Å². The molecule has 27 heavy (non-hydrogen) atoms. The second-order valence-corrected chi connectivity index (χ2v) is 5.98. The average molecular weight is 362 g/mol. The summed E-state index contributed by atoms with van der Waals surface area (Å²) in [4.78, 5) is 19.7. The molecule has 1 amide bonds. The lowest BCUT2D eigenvalue weighted by atomic mass is 10.2. The van der Waals surface area contributed by atoms with Crippen LogP contribution in [0.1, 0.15) is 6.92 Å². The zero-order valence-corrected chi connectivity index (χ0v) is 14.7. The fraction of sp³-hybridized carbons (Fsp3) is 0.150. The molecule has 4 aromatic rings. The number of anilines is 2. The second-order valence-electron chi connectivity index (χ2n) is 5.98. The molecule has 2 aromatic heterocycles. The first-order valence-electron chi connectivity index (χ1n) is 8.57. The summed E-state index contributed by atoms with van der Waals surface area (Å²) in [7, 11) is 0. The Morgan fingerprint density at radius 2 is 2.04 bits per heavy atom. The lowest BCUT2D eigenvalue weighted by Crippen LogP contribution is -2.13. The number of fused-ring (bicyclic) bond motifs is 3. The number of furan rings is 1. The Hall–Kier alpha value is -3.61. The summed E-state index contributed by atoms with van der Waals surface area (Å²) in [6, 6.07) is 15.0. The molecule has 0 radical (unpaired) electrons. The number of hydrogen-bond acceptors (Lipinski definition) is 6. The highest BCUT2D eigenvalue weighted by Gasteiger charge is 2.12. The average Bonchev–Trinajstić information content (AvgIpc) is 3.04. The molecule has 2 aromatic carbocycles. The van der Waals surface area contributed by atoms with E-state index in [2.05, 4.69) is 20.6 Å². The minimum atomic E-state index is -0.118. The van der Waals surface area contributed by atoms with Crippen molar-refractivity contribution in [3.63, 3.8) is 0 Å². The molecule has 0 unspecified atom stereocenters. The number of aromatic nitrogens is 2. The van der Waals surface area contributed by atoms with Gasteiger partial charge in [-0.1, -0.05) is 18.2 Å². The van der Waals surface area contributed by atoms with Gasteiger partial charge in [0.2, 0.25) is 5.91 Å². The van der Waals surface area contributed by atoms with Crippen molar-refractivity contribution in [3.05, 3.63) is 54.9 Å². The van der Waals surface area contributed by atoms with Crippen molar-refractivity contribution in [1.82, 2.24) is 9.97 Å². The number of para-hydroxylation sites is 1. The zero-order chi connectivity index (χ0) is 18.6. The molecule has 0 aliphatic carbocycles. The van der Waals surface area contributed by atoms with Gasteiger partial charge in [-0.05, 0) is 24.3 Å². The number of carbonyl (C=O) groups is 1. The quantitative estimate of drug-likeness (QED) is 0.507. The lowest BCUT2D eigenvalue weighted by Gasteiger charge is -2.09. The molecular formula is C20H18N4O3. The summed E-state index contributed by atoms with van der Waals surface area (Å²) in [5.41, 5.74) is 2.90. The fourth-order valence-corrected chi connectivity index (χ4v) is 2.85. The van der Waals surface area contributed by atoms with E-state index in [1.807, 2.05) is 42.5 Å². The van der Waals surface area contributed by atoms with Gasteiger partial charge in [0.15, 0.2) is 11.4 Å². The van der Waals surface area contributed by atoms with Crippen molar-refractivity contribution in [2.75, 3.05) is 23.8 Å². The summed E-state index contributed by atoms with van der Waals surface area (Å²) >= 11 is 0. The Kier molecular flexibility index (Phi) is 4.57. The highest BCUT2D eigenvalue weighted by molar-refractivity contribution is 6.05. The van der Waals surface area contributed by atoms with Gasteiger partial charge < -0.3 is 19.8 Å². The number of carbonyl (C=O) groups excluding carboxylic acids is 1. The minimum absolute atomic E-state index is 0.118. The molecule has 4 rings (SSSR count). The molecule has 7 heteroatoms. The largest absolute Gasteiger partial charge is 0.492 e. The van der Waals surface area contributed by atoms with Crippen molar-refractivity contribution in [2.45, 2.75) is 6.92 Å². The van der Waals surface area contributed by atoms with Gasteiger partial charge in [0, 0.05) is 24.1 Å². The Labute approximate surface area is 155 Å². The number of nitrogens with one attached hydrogen (secondary N) is 2. The van der Waals surface area contributed by atoms with E-state index < -0.39 is 0 Å². The Bertz CT molecular complexity index is 1110. The van der Waals surface area contributed by atoms with Crippen molar-refractivity contribution in [3.8, 4) is 5.75 Å². The molecule has 0 saturated heterocycles. The predicted molar refractivity (Wildman–Crippen MR) is 104 cm³/mol. The van der Waals surface area contributed by atoms with Crippen molar-refractivity contribution < 1.29 is 13.9 Å². The molecule has 0 aliphatic heterocycles. The summed E-state index contributed by atoms with van der Waals surface area (Å²) < 4.78 is 11.6. The van der Waals surface area contributed by atoms with E-state index in [4.69, 9.17) is 9.15 Å². The van der Waals surface area contributed by atoms with Gasteiger partial charge in [0.25, 0.3) is 0 Å². The molecule has 0 spiro atoms. The molecule has 0 aliphatic rings. The van der Waals surface area contributed by atoms with E-state index in [0.29, 0.717) is 36.0 Å². The Balaban J connectivity index is 1.42. The van der Waals surface area contributed by atoms with Crippen molar-refractivity contribution in [1.29, 1.82) is 0 Å². The maximum absolute atomic E-state index is 11.1. The summed E-state index contributed by atoms with van der Waals surface area (Å²) in [6.45, 7) is 2.43. The number of nitrogens with zero attached hydrogens (tertiary/aromatic N) is 2. The lowest BCUT2D eigenvalue weighted by molar-refractivity contribution is -0.114. The predicted octanol–water partition coefficient (Wildman–Crippen LogP) is 3.83. The Morgan fingerprint density at radius 1 is 1.15 bits per heavy atom. The fourth-order valence-electron chi connectivity index (χ4n) is 2.85. The molecule has 2 heterocycles. The summed E-state index contributed by atoms with van der Waals surface area (Å²) in [5, 5.41) is 6.92. The molecule has 2 N–H and O–H groups in total. The molecule has 136 valence electrons. The van der Waals surface area contributed by atoms with E-state index in [9.17, 15) is 4.79 Å². The van der Waals surface area contributed by atoms with Crippen LogP contribution in [-0.2, 0) is 4.79 Å². The number of ether oxygens (including phenoxy) is 1. The van der Waals surface area contributed by atoms with Crippen LogP contribution >= 0.6 is 0 Å². The van der Waals surface area contributed by atoms with E-state index in [0.717, 1.165) is 16.5 Å². The number of benzene rings is 2. The van der Waals surface area contributed by atoms with Crippen LogP contribution in [0.5, 0.6) is 5.75 Å². The van der Waals surface area contributed by atoms with Crippen LogP contribution in [0, 0.1) is 0 Å². The first-order valence-corrected chi connectivity index (χ1v) is 8.57. The maximum Gasteiger partial charge on any atom is 0.221 e. The van der Waals surface area contributed by atoms with Gasteiger partial charge >= 0.3 is 0 Å². The third-order valence-corrected chi connectivity index (χ3v) is 3.98. The van der Waals surface area contributed by atoms with Crippen LogP contribution in [0.25, 0.3) is 22.1 Å². The molecular weight excluding hydrogens is 344 g/mol.